The van der Waals surface area contributed by atoms with E-state index in [1.165, 1.54) is 25.2 Å². The maximum atomic E-state index is 13.0. The molecule has 9 nitrogen and oxygen atoms in total. The zero-order chi connectivity index (χ0) is 23.1. The number of hydrogen-bond acceptors (Lipinski definition) is 7. The van der Waals surface area contributed by atoms with Gasteiger partial charge in [0, 0.05) is 35.7 Å². The van der Waals surface area contributed by atoms with Crippen molar-refractivity contribution < 1.29 is 28.6 Å². The van der Waals surface area contributed by atoms with Crippen LogP contribution in [0.5, 0.6) is 11.5 Å². The molecule has 1 aliphatic heterocycles. The summed E-state index contributed by atoms with van der Waals surface area (Å²) >= 11 is 0. The van der Waals surface area contributed by atoms with Crippen LogP contribution in [0.4, 0.5) is 17.1 Å². The molecule has 9 heteroatoms. The molecule has 3 rings (SSSR count). The molecule has 0 atom stereocenters. The van der Waals surface area contributed by atoms with Gasteiger partial charge in [-0.05, 0) is 19.1 Å². The van der Waals surface area contributed by atoms with Gasteiger partial charge in [-0.2, -0.15) is 0 Å². The third-order valence-electron chi connectivity index (χ3n) is 4.63. The van der Waals surface area contributed by atoms with Crippen molar-refractivity contribution in [1.82, 2.24) is 0 Å². The molecule has 2 N–H and O–H groups in total. The van der Waals surface area contributed by atoms with Gasteiger partial charge in [0.15, 0.2) is 0 Å². The zero-order valence-corrected chi connectivity index (χ0v) is 18.1. The fourth-order valence-electron chi connectivity index (χ4n) is 3.22. The number of nitrogens with zero attached hydrogens (tertiary/aromatic N) is 1. The number of fused-ring (bicyclic) bond motifs is 1. The number of benzene rings is 2. The fraction of sp³-hybridized carbons (Fsp3) is 0.261. The second-order valence-electron chi connectivity index (χ2n) is 6.87. The number of rotatable bonds is 8. The lowest BCUT2D eigenvalue weighted by Crippen LogP contribution is -2.37. The highest BCUT2D eigenvalue weighted by Crippen LogP contribution is 2.31. The summed E-state index contributed by atoms with van der Waals surface area (Å²) in [7, 11) is 3.03. The van der Waals surface area contributed by atoms with Crippen LogP contribution in [0.3, 0.4) is 0 Å². The number of anilines is 3. The van der Waals surface area contributed by atoms with E-state index in [9.17, 15) is 14.4 Å². The highest BCUT2D eigenvalue weighted by atomic mass is 16.5. The molecule has 0 saturated heterocycles. The summed E-state index contributed by atoms with van der Waals surface area (Å²) in [4.78, 5) is 39.0. The third kappa shape index (κ3) is 5.57. The van der Waals surface area contributed by atoms with E-state index in [0.717, 1.165) is 0 Å². The van der Waals surface area contributed by atoms with E-state index >= 15 is 0 Å². The Morgan fingerprint density at radius 3 is 2.41 bits per heavy atom. The lowest BCUT2D eigenvalue weighted by atomic mass is 10.2. The van der Waals surface area contributed by atoms with Crippen LogP contribution in [0.2, 0.25) is 0 Å². The van der Waals surface area contributed by atoms with Gasteiger partial charge in [-0.1, -0.05) is 12.1 Å². The van der Waals surface area contributed by atoms with Gasteiger partial charge in [-0.3, -0.25) is 19.3 Å². The Bertz CT molecular complexity index is 1030. The van der Waals surface area contributed by atoms with Crippen LogP contribution in [0.1, 0.15) is 13.3 Å². The summed E-state index contributed by atoms with van der Waals surface area (Å²) < 4.78 is 15.4. The first kappa shape index (κ1) is 22.7. The van der Waals surface area contributed by atoms with Gasteiger partial charge < -0.3 is 24.8 Å². The van der Waals surface area contributed by atoms with E-state index in [0.29, 0.717) is 34.3 Å². The molecule has 2 aromatic carbocycles. The number of carbonyl (C=O) groups excluding carboxylic acids is 3. The number of nitrogens with one attached hydrogen (secondary N) is 2. The highest BCUT2D eigenvalue weighted by molar-refractivity contribution is 6.10. The second-order valence-corrected chi connectivity index (χ2v) is 6.87. The summed E-state index contributed by atoms with van der Waals surface area (Å²) in [5, 5.41) is 5.86. The molecule has 0 aliphatic carbocycles. The van der Waals surface area contributed by atoms with Crippen LogP contribution >= 0.6 is 0 Å². The normalized spacial score (nSPS) is 12.7. The first-order valence-corrected chi connectivity index (χ1v) is 10.00. The molecule has 0 saturated carbocycles. The average molecular weight is 439 g/mol. The lowest BCUT2D eigenvalue weighted by molar-refractivity contribution is -0.142. The average Bonchev–Trinajstić information content (AvgIpc) is 2.89. The minimum absolute atomic E-state index is 0.0858. The molecule has 2 aromatic rings. The fourth-order valence-corrected chi connectivity index (χ4v) is 3.22. The van der Waals surface area contributed by atoms with E-state index in [1.807, 2.05) is 0 Å². The Morgan fingerprint density at radius 1 is 1.06 bits per heavy atom. The molecule has 0 bridgehead atoms. The van der Waals surface area contributed by atoms with Gasteiger partial charge in [0.2, 0.25) is 5.91 Å². The molecule has 168 valence electrons. The van der Waals surface area contributed by atoms with Crippen molar-refractivity contribution in [3.63, 3.8) is 0 Å². The second kappa shape index (κ2) is 10.3. The minimum atomic E-state index is -0.449. The predicted octanol–water partition coefficient (Wildman–Crippen LogP) is 2.94. The Morgan fingerprint density at radius 2 is 1.75 bits per heavy atom. The van der Waals surface area contributed by atoms with Gasteiger partial charge >= 0.3 is 5.97 Å². The summed E-state index contributed by atoms with van der Waals surface area (Å²) in [6, 6.07) is 12.0. The van der Waals surface area contributed by atoms with Crippen LogP contribution in [0.15, 0.2) is 54.2 Å². The standard InChI is InChI=1S/C23H25N3O6/c1-4-32-23(29)12-16-11-22(28)26(20-8-6-5-7-19(20)24-16)14-21(27)25-15-9-17(30-2)13-18(10-15)31-3/h5-11,13,24H,4,12,14H2,1-3H3,(H,25,27). The van der Waals surface area contributed by atoms with Gasteiger partial charge in [0.1, 0.15) is 18.0 Å². The minimum Gasteiger partial charge on any atom is -0.497 e. The van der Waals surface area contributed by atoms with Gasteiger partial charge in [0.25, 0.3) is 5.91 Å². The molecule has 1 aliphatic rings. The predicted molar refractivity (Wildman–Crippen MR) is 120 cm³/mol. The number of carbonyl (C=O) groups is 3. The Kier molecular flexibility index (Phi) is 7.33. The van der Waals surface area contributed by atoms with Crippen molar-refractivity contribution in [1.29, 1.82) is 0 Å². The smallest absolute Gasteiger partial charge is 0.311 e. The number of methoxy groups -OCH3 is 2. The van der Waals surface area contributed by atoms with Crippen LogP contribution in [-0.2, 0) is 19.1 Å². The van der Waals surface area contributed by atoms with Crippen molar-refractivity contribution in [3.8, 4) is 11.5 Å². The first-order valence-electron chi connectivity index (χ1n) is 10.00. The summed E-state index contributed by atoms with van der Waals surface area (Å²) in [6.45, 7) is 1.73. The van der Waals surface area contributed by atoms with Crippen molar-refractivity contribution in [2.45, 2.75) is 13.3 Å². The van der Waals surface area contributed by atoms with Crippen molar-refractivity contribution >= 4 is 34.8 Å². The Balaban J connectivity index is 1.82. The molecule has 0 unspecified atom stereocenters. The van der Waals surface area contributed by atoms with Gasteiger partial charge in [0.05, 0.1) is 38.6 Å². The number of hydrogen-bond donors (Lipinski definition) is 2. The SMILES string of the molecule is CCOC(=O)CC1=CC(=O)N(CC(=O)Nc2cc(OC)cc(OC)c2)c2ccccc2N1. The molecule has 0 fully saturated rings. The maximum absolute atomic E-state index is 13.0. The van der Waals surface area contributed by atoms with E-state index in [2.05, 4.69) is 10.6 Å². The summed E-state index contributed by atoms with van der Waals surface area (Å²) in [5.41, 5.74) is 1.98. The zero-order valence-electron chi connectivity index (χ0n) is 18.1. The molecular weight excluding hydrogens is 414 g/mol. The number of esters is 1. The third-order valence-corrected chi connectivity index (χ3v) is 4.63. The van der Waals surface area contributed by atoms with Crippen LogP contribution in [-0.4, -0.2) is 45.2 Å². The highest BCUT2D eigenvalue weighted by Gasteiger charge is 2.25. The molecule has 2 amide bonds. The molecule has 32 heavy (non-hydrogen) atoms. The summed E-state index contributed by atoms with van der Waals surface area (Å²) in [5.74, 6) is -0.251. The molecule has 0 radical (unpaired) electrons. The van der Waals surface area contributed by atoms with Crippen LogP contribution < -0.4 is 25.0 Å². The quantitative estimate of drug-likeness (QED) is 0.609. The van der Waals surface area contributed by atoms with Gasteiger partial charge in [-0.25, -0.2) is 0 Å². The van der Waals surface area contributed by atoms with E-state index in [1.54, 1.807) is 49.4 Å². The number of para-hydroxylation sites is 2. The van der Waals surface area contributed by atoms with Crippen molar-refractivity contribution in [2.75, 3.05) is 42.9 Å². The summed E-state index contributed by atoms with van der Waals surface area (Å²) in [6.07, 6.45) is 1.22. The van der Waals surface area contributed by atoms with E-state index < -0.39 is 17.8 Å². The first-order chi connectivity index (χ1) is 15.4. The van der Waals surface area contributed by atoms with E-state index in [-0.39, 0.29) is 19.6 Å². The van der Waals surface area contributed by atoms with E-state index in [4.69, 9.17) is 14.2 Å². The Hall–Kier alpha value is -4.01. The monoisotopic (exact) mass is 439 g/mol. The van der Waals surface area contributed by atoms with Crippen molar-refractivity contribution in [2.24, 2.45) is 0 Å². The molecule has 0 aromatic heterocycles. The molecule has 1 heterocycles. The van der Waals surface area contributed by atoms with Gasteiger partial charge in [-0.15, -0.1) is 0 Å². The molecule has 0 spiro atoms. The topological polar surface area (TPSA) is 106 Å². The largest absolute Gasteiger partial charge is 0.497 e. The van der Waals surface area contributed by atoms with Crippen molar-refractivity contribution in [3.05, 3.63) is 54.2 Å². The maximum Gasteiger partial charge on any atom is 0.311 e. The Labute approximate surface area is 185 Å². The number of amides is 2. The van der Waals surface area contributed by atoms with Crippen LogP contribution in [0, 0.1) is 0 Å². The molecular formula is C23H25N3O6. The lowest BCUT2D eigenvalue weighted by Gasteiger charge is -2.22. The van der Waals surface area contributed by atoms with Crippen LogP contribution in [0.25, 0.3) is 0 Å². The number of ether oxygens (including phenoxy) is 3.